The standard InChI is InChI=1S/C11H16N4S/c1-4-15-6-9(5-13-15)10(12-3)11-14-8(2)7-16-11/h5-7,10,12H,4H2,1-3H3. The largest absolute Gasteiger partial charge is 0.307 e. The molecule has 1 unspecified atom stereocenters. The van der Waals surface area contributed by atoms with Gasteiger partial charge in [0.15, 0.2) is 0 Å². The first kappa shape index (κ1) is 11.3. The third kappa shape index (κ3) is 2.15. The number of hydrogen-bond acceptors (Lipinski definition) is 4. The fourth-order valence-corrected chi connectivity index (χ4v) is 2.57. The molecule has 0 bridgehead atoms. The molecular formula is C11H16N4S. The van der Waals surface area contributed by atoms with Gasteiger partial charge in [0.2, 0.25) is 0 Å². The van der Waals surface area contributed by atoms with Crippen LogP contribution < -0.4 is 5.32 Å². The van der Waals surface area contributed by atoms with E-state index in [1.165, 1.54) is 5.56 Å². The number of hydrogen-bond donors (Lipinski definition) is 1. The van der Waals surface area contributed by atoms with Crippen molar-refractivity contribution in [2.75, 3.05) is 7.05 Å². The molecule has 5 heteroatoms. The van der Waals surface area contributed by atoms with Crippen LogP contribution in [0.25, 0.3) is 0 Å². The normalized spacial score (nSPS) is 12.9. The minimum atomic E-state index is 0.152. The second-order valence-corrected chi connectivity index (χ2v) is 4.57. The van der Waals surface area contributed by atoms with E-state index in [9.17, 15) is 0 Å². The zero-order valence-corrected chi connectivity index (χ0v) is 10.6. The second kappa shape index (κ2) is 4.76. The Bertz CT molecular complexity index is 460. The number of thiazole rings is 1. The molecule has 2 heterocycles. The fraction of sp³-hybridized carbons (Fsp3) is 0.455. The summed E-state index contributed by atoms with van der Waals surface area (Å²) < 4.78 is 1.93. The second-order valence-electron chi connectivity index (χ2n) is 3.68. The zero-order valence-electron chi connectivity index (χ0n) is 9.77. The molecule has 86 valence electrons. The van der Waals surface area contributed by atoms with Crippen LogP contribution in [0.4, 0.5) is 0 Å². The van der Waals surface area contributed by atoms with E-state index in [4.69, 9.17) is 0 Å². The Hall–Kier alpha value is -1.20. The molecule has 2 aromatic heterocycles. The molecule has 1 atom stereocenters. The van der Waals surface area contributed by atoms with Crippen molar-refractivity contribution in [3.05, 3.63) is 34.0 Å². The molecular weight excluding hydrogens is 220 g/mol. The molecule has 2 aromatic rings. The van der Waals surface area contributed by atoms with Gasteiger partial charge in [-0.25, -0.2) is 4.98 Å². The lowest BCUT2D eigenvalue weighted by molar-refractivity contribution is 0.652. The van der Waals surface area contributed by atoms with Crippen molar-refractivity contribution < 1.29 is 0 Å². The first-order valence-corrected chi connectivity index (χ1v) is 6.24. The van der Waals surface area contributed by atoms with E-state index in [1.807, 2.05) is 24.9 Å². The summed E-state index contributed by atoms with van der Waals surface area (Å²) in [5.74, 6) is 0. The maximum absolute atomic E-state index is 4.51. The van der Waals surface area contributed by atoms with Crippen molar-refractivity contribution in [2.45, 2.75) is 26.4 Å². The van der Waals surface area contributed by atoms with Crippen LogP contribution in [0.1, 0.15) is 29.2 Å². The number of rotatable bonds is 4. The summed E-state index contributed by atoms with van der Waals surface area (Å²) >= 11 is 1.68. The van der Waals surface area contributed by atoms with E-state index < -0.39 is 0 Å². The van der Waals surface area contributed by atoms with Crippen LogP contribution in [0, 0.1) is 6.92 Å². The van der Waals surface area contributed by atoms with Crippen LogP contribution in [-0.2, 0) is 6.54 Å². The Labute approximate surface area is 99.3 Å². The van der Waals surface area contributed by atoms with Gasteiger partial charge in [0, 0.05) is 29.4 Å². The lowest BCUT2D eigenvalue weighted by Crippen LogP contribution is -2.17. The lowest BCUT2D eigenvalue weighted by atomic mass is 10.2. The summed E-state index contributed by atoms with van der Waals surface area (Å²) in [5, 5.41) is 10.7. The van der Waals surface area contributed by atoms with Crippen molar-refractivity contribution in [3.8, 4) is 0 Å². The highest BCUT2D eigenvalue weighted by molar-refractivity contribution is 7.09. The molecule has 2 rings (SSSR count). The predicted molar refractivity (Wildman–Crippen MR) is 65.7 cm³/mol. The summed E-state index contributed by atoms with van der Waals surface area (Å²) in [6, 6.07) is 0.152. The minimum absolute atomic E-state index is 0.152. The van der Waals surface area contributed by atoms with Crippen LogP contribution in [0.5, 0.6) is 0 Å². The van der Waals surface area contributed by atoms with Gasteiger partial charge >= 0.3 is 0 Å². The molecule has 0 aliphatic rings. The summed E-state index contributed by atoms with van der Waals surface area (Å²) in [6.45, 7) is 4.99. The molecule has 0 fully saturated rings. The lowest BCUT2D eigenvalue weighted by Gasteiger charge is -2.10. The molecule has 0 amide bonds. The zero-order chi connectivity index (χ0) is 11.5. The number of nitrogens with zero attached hydrogens (tertiary/aromatic N) is 3. The fourth-order valence-electron chi connectivity index (χ4n) is 1.64. The predicted octanol–water partition coefficient (Wildman–Crippen LogP) is 1.98. The van der Waals surface area contributed by atoms with Crippen molar-refractivity contribution in [2.24, 2.45) is 0 Å². The number of aromatic nitrogens is 3. The van der Waals surface area contributed by atoms with Gasteiger partial charge in [0.05, 0.1) is 12.2 Å². The van der Waals surface area contributed by atoms with Crippen molar-refractivity contribution >= 4 is 11.3 Å². The summed E-state index contributed by atoms with van der Waals surface area (Å²) in [7, 11) is 1.95. The van der Waals surface area contributed by atoms with Gasteiger partial charge in [0.25, 0.3) is 0 Å². The van der Waals surface area contributed by atoms with Gasteiger partial charge in [-0.1, -0.05) is 0 Å². The molecule has 0 saturated carbocycles. The first-order chi connectivity index (χ1) is 7.74. The Balaban J connectivity index is 2.28. The summed E-state index contributed by atoms with van der Waals surface area (Å²) in [4.78, 5) is 4.51. The van der Waals surface area contributed by atoms with Gasteiger partial charge < -0.3 is 5.32 Å². The average Bonchev–Trinajstić information content (AvgIpc) is 2.89. The van der Waals surface area contributed by atoms with Gasteiger partial charge in [-0.2, -0.15) is 5.10 Å². The summed E-state index contributed by atoms with van der Waals surface area (Å²) in [5.41, 5.74) is 2.24. The molecule has 0 radical (unpaired) electrons. The van der Waals surface area contributed by atoms with Crippen LogP contribution in [0.2, 0.25) is 0 Å². The van der Waals surface area contributed by atoms with Gasteiger partial charge in [-0.3, -0.25) is 4.68 Å². The highest BCUT2D eigenvalue weighted by Crippen LogP contribution is 2.24. The Kier molecular flexibility index (Phi) is 3.36. The monoisotopic (exact) mass is 236 g/mol. The Morgan fingerprint density at radius 1 is 1.56 bits per heavy atom. The van der Waals surface area contributed by atoms with Gasteiger partial charge in [-0.05, 0) is 20.9 Å². The summed E-state index contributed by atoms with van der Waals surface area (Å²) in [6.07, 6.45) is 3.97. The quantitative estimate of drug-likeness (QED) is 0.882. The van der Waals surface area contributed by atoms with Crippen LogP contribution in [0.15, 0.2) is 17.8 Å². The van der Waals surface area contributed by atoms with Gasteiger partial charge in [-0.15, -0.1) is 11.3 Å². The molecule has 0 aromatic carbocycles. The maximum Gasteiger partial charge on any atom is 0.114 e. The van der Waals surface area contributed by atoms with Crippen LogP contribution in [-0.4, -0.2) is 21.8 Å². The minimum Gasteiger partial charge on any atom is -0.307 e. The van der Waals surface area contributed by atoms with Crippen LogP contribution in [0.3, 0.4) is 0 Å². The number of aryl methyl sites for hydroxylation is 2. The maximum atomic E-state index is 4.51. The smallest absolute Gasteiger partial charge is 0.114 e. The van der Waals surface area contributed by atoms with E-state index in [2.05, 4.69) is 33.9 Å². The van der Waals surface area contributed by atoms with Gasteiger partial charge in [0.1, 0.15) is 5.01 Å². The molecule has 0 spiro atoms. The van der Waals surface area contributed by atoms with E-state index >= 15 is 0 Å². The SMILES string of the molecule is CCn1cc(C(NC)c2nc(C)cs2)cn1. The van der Waals surface area contributed by atoms with Crippen molar-refractivity contribution in [3.63, 3.8) is 0 Å². The molecule has 1 N–H and O–H groups in total. The van der Waals surface area contributed by atoms with E-state index in [0.29, 0.717) is 0 Å². The average molecular weight is 236 g/mol. The highest BCUT2D eigenvalue weighted by atomic mass is 32.1. The third-order valence-electron chi connectivity index (χ3n) is 2.48. The molecule has 0 aliphatic heterocycles. The topological polar surface area (TPSA) is 42.7 Å². The Morgan fingerprint density at radius 3 is 2.88 bits per heavy atom. The highest BCUT2D eigenvalue weighted by Gasteiger charge is 2.16. The van der Waals surface area contributed by atoms with E-state index in [-0.39, 0.29) is 6.04 Å². The number of nitrogens with one attached hydrogen (secondary N) is 1. The molecule has 0 saturated heterocycles. The third-order valence-corrected chi connectivity index (χ3v) is 3.51. The molecule has 16 heavy (non-hydrogen) atoms. The molecule has 0 aliphatic carbocycles. The first-order valence-electron chi connectivity index (χ1n) is 5.36. The Morgan fingerprint density at radius 2 is 2.38 bits per heavy atom. The van der Waals surface area contributed by atoms with Crippen molar-refractivity contribution in [1.29, 1.82) is 0 Å². The molecule has 4 nitrogen and oxygen atoms in total. The van der Waals surface area contributed by atoms with Crippen molar-refractivity contribution in [1.82, 2.24) is 20.1 Å². The van der Waals surface area contributed by atoms with Crippen LogP contribution >= 0.6 is 11.3 Å². The van der Waals surface area contributed by atoms with E-state index in [0.717, 1.165) is 17.2 Å². The van der Waals surface area contributed by atoms with E-state index in [1.54, 1.807) is 11.3 Å².